The summed E-state index contributed by atoms with van der Waals surface area (Å²) in [6.07, 6.45) is 4.47. The lowest BCUT2D eigenvalue weighted by atomic mass is 10.1. The number of hydrogen-bond donors (Lipinski definition) is 2. The topological polar surface area (TPSA) is 99.8 Å². The van der Waals surface area contributed by atoms with Crippen molar-refractivity contribution >= 4 is 16.8 Å². The van der Waals surface area contributed by atoms with Gasteiger partial charge >= 0.3 is 0 Å². The molecule has 1 saturated heterocycles. The molecule has 4 rings (SSSR count). The first-order valence-electron chi connectivity index (χ1n) is 8.13. The van der Waals surface area contributed by atoms with Gasteiger partial charge in [0.1, 0.15) is 0 Å². The van der Waals surface area contributed by atoms with Gasteiger partial charge in [-0.2, -0.15) is 5.21 Å². The molecule has 8 heteroatoms. The van der Waals surface area contributed by atoms with Crippen LogP contribution in [-0.2, 0) is 4.74 Å². The zero-order valence-corrected chi connectivity index (χ0v) is 13.6. The van der Waals surface area contributed by atoms with Crippen molar-refractivity contribution in [2.75, 3.05) is 19.7 Å². The number of fused-ring (bicyclic) bond motifs is 1. The highest BCUT2D eigenvalue weighted by molar-refractivity contribution is 6.02. The molecule has 0 bridgehead atoms. The maximum absolute atomic E-state index is 12.8. The van der Waals surface area contributed by atoms with Gasteiger partial charge in [0.25, 0.3) is 5.91 Å². The molecule has 128 valence electrons. The second kappa shape index (κ2) is 6.48. The summed E-state index contributed by atoms with van der Waals surface area (Å²) in [7, 11) is 0. The number of likely N-dealkylation sites (tertiary alicyclic amines) is 1. The second-order valence-corrected chi connectivity index (χ2v) is 5.98. The van der Waals surface area contributed by atoms with Crippen LogP contribution in [0.4, 0.5) is 0 Å². The van der Waals surface area contributed by atoms with E-state index in [1.165, 1.54) is 0 Å². The number of rotatable bonds is 5. The van der Waals surface area contributed by atoms with Crippen LogP contribution in [0.25, 0.3) is 22.3 Å². The van der Waals surface area contributed by atoms with Crippen molar-refractivity contribution in [2.45, 2.75) is 12.5 Å². The Morgan fingerprint density at radius 3 is 3.20 bits per heavy atom. The van der Waals surface area contributed by atoms with E-state index in [1.807, 2.05) is 29.3 Å². The monoisotopic (exact) mass is 338 g/mol. The lowest BCUT2D eigenvalue weighted by Crippen LogP contribution is -2.30. The number of carbonyl (C=O) groups is 1. The van der Waals surface area contributed by atoms with Crippen LogP contribution in [0.2, 0.25) is 0 Å². The molecule has 3 heterocycles. The number of nitrogens with one attached hydrogen (secondary N) is 2. The number of carbonyl (C=O) groups excluding carboxylic acids is 1. The smallest absolute Gasteiger partial charge is 0.253 e. The summed E-state index contributed by atoms with van der Waals surface area (Å²) in [5.74, 6) is 0.502. The summed E-state index contributed by atoms with van der Waals surface area (Å²) >= 11 is 0. The molecule has 3 aromatic rings. The SMILES string of the molecule is C=CCOC1CCN(C(=O)c2ccc3[nH]cc(-c4nn[nH]n4)c3c2)C1. The number of amides is 1. The average Bonchev–Trinajstić information content (AvgIpc) is 3.38. The Balaban J connectivity index is 1.58. The third kappa shape index (κ3) is 2.91. The highest BCUT2D eigenvalue weighted by atomic mass is 16.5. The molecule has 8 nitrogen and oxygen atoms in total. The van der Waals surface area contributed by atoms with Gasteiger partial charge < -0.3 is 14.6 Å². The highest BCUT2D eigenvalue weighted by Crippen LogP contribution is 2.27. The van der Waals surface area contributed by atoms with Gasteiger partial charge in [0.05, 0.1) is 12.7 Å². The standard InChI is InChI=1S/C17H18N6O2/c1-2-7-25-12-5-6-23(10-12)17(24)11-3-4-15-13(8-11)14(9-18-15)16-19-21-22-20-16/h2-4,8-9,12,18H,1,5-7,10H2,(H,19,20,21,22). The molecule has 1 atom stereocenters. The molecule has 0 saturated carbocycles. The number of benzene rings is 1. The van der Waals surface area contributed by atoms with E-state index in [1.54, 1.807) is 6.08 Å². The lowest BCUT2D eigenvalue weighted by molar-refractivity contribution is 0.0654. The molecule has 1 unspecified atom stereocenters. The normalized spacial score (nSPS) is 17.3. The van der Waals surface area contributed by atoms with Gasteiger partial charge in [0.2, 0.25) is 5.82 Å². The van der Waals surface area contributed by atoms with Gasteiger partial charge in [-0.1, -0.05) is 6.08 Å². The zero-order chi connectivity index (χ0) is 17.2. The molecule has 1 aliphatic heterocycles. The van der Waals surface area contributed by atoms with Crippen LogP contribution >= 0.6 is 0 Å². The number of ether oxygens (including phenoxy) is 1. The van der Waals surface area contributed by atoms with Crippen molar-refractivity contribution in [1.29, 1.82) is 0 Å². The summed E-state index contributed by atoms with van der Waals surface area (Å²) in [5, 5.41) is 15.0. The Morgan fingerprint density at radius 1 is 1.48 bits per heavy atom. The predicted octanol–water partition coefficient (Wildman–Crippen LogP) is 1.77. The molecule has 1 aromatic carbocycles. The highest BCUT2D eigenvalue weighted by Gasteiger charge is 2.27. The molecule has 1 amide bonds. The van der Waals surface area contributed by atoms with E-state index >= 15 is 0 Å². The van der Waals surface area contributed by atoms with E-state index in [9.17, 15) is 4.79 Å². The Bertz CT molecular complexity index is 901. The summed E-state index contributed by atoms with van der Waals surface area (Å²) in [6, 6.07) is 5.60. The summed E-state index contributed by atoms with van der Waals surface area (Å²) < 4.78 is 5.65. The second-order valence-electron chi connectivity index (χ2n) is 5.98. The fraction of sp³-hybridized carbons (Fsp3) is 0.294. The van der Waals surface area contributed by atoms with Gasteiger partial charge in [-0.25, -0.2) is 0 Å². The first kappa shape index (κ1) is 15.5. The van der Waals surface area contributed by atoms with Crippen LogP contribution in [-0.4, -0.2) is 62.2 Å². The molecule has 0 radical (unpaired) electrons. The minimum atomic E-state index is 0.00636. The molecule has 1 fully saturated rings. The molecule has 2 N–H and O–H groups in total. The quantitative estimate of drug-likeness (QED) is 0.691. The Labute approximate surface area is 143 Å². The van der Waals surface area contributed by atoms with E-state index in [4.69, 9.17) is 4.74 Å². The maximum atomic E-state index is 12.8. The molecule has 25 heavy (non-hydrogen) atoms. The van der Waals surface area contributed by atoms with Crippen molar-refractivity contribution in [3.8, 4) is 11.4 Å². The summed E-state index contributed by atoms with van der Waals surface area (Å²) in [5.41, 5.74) is 2.37. The van der Waals surface area contributed by atoms with Crippen molar-refractivity contribution in [3.05, 3.63) is 42.6 Å². The van der Waals surface area contributed by atoms with E-state index < -0.39 is 0 Å². The third-order valence-electron chi connectivity index (χ3n) is 4.40. The van der Waals surface area contributed by atoms with Gasteiger partial charge in [0, 0.05) is 41.3 Å². The number of H-pyrrole nitrogens is 2. The van der Waals surface area contributed by atoms with Crippen LogP contribution in [0.1, 0.15) is 16.8 Å². The number of aromatic nitrogens is 5. The van der Waals surface area contributed by atoms with Gasteiger partial charge in [0.15, 0.2) is 0 Å². The number of aromatic amines is 2. The zero-order valence-electron chi connectivity index (χ0n) is 13.6. The molecule has 0 aliphatic carbocycles. The molecular formula is C17H18N6O2. The molecule has 0 spiro atoms. The van der Waals surface area contributed by atoms with Crippen LogP contribution in [0.3, 0.4) is 0 Å². The van der Waals surface area contributed by atoms with Crippen molar-refractivity contribution < 1.29 is 9.53 Å². The van der Waals surface area contributed by atoms with Crippen LogP contribution in [0, 0.1) is 0 Å². The fourth-order valence-electron chi connectivity index (χ4n) is 3.15. The van der Waals surface area contributed by atoms with Gasteiger partial charge in [-0.3, -0.25) is 4.79 Å². The Hall–Kier alpha value is -3.00. The van der Waals surface area contributed by atoms with Crippen LogP contribution < -0.4 is 0 Å². The van der Waals surface area contributed by atoms with Crippen LogP contribution in [0.5, 0.6) is 0 Å². The largest absolute Gasteiger partial charge is 0.372 e. The third-order valence-corrected chi connectivity index (χ3v) is 4.40. The Kier molecular flexibility index (Phi) is 4.02. The predicted molar refractivity (Wildman–Crippen MR) is 91.9 cm³/mol. The minimum Gasteiger partial charge on any atom is -0.372 e. The molecule has 2 aromatic heterocycles. The minimum absolute atomic E-state index is 0.00636. The van der Waals surface area contributed by atoms with E-state index in [0.29, 0.717) is 31.1 Å². The Morgan fingerprint density at radius 2 is 2.40 bits per heavy atom. The van der Waals surface area contributed by atoms with Crippen molar-refractivity contribution in [3.63, 3.8) is 0 Å². The molecule has 1 aliphatic rings. The van der Waals surface area contributed by atoms with Crippen molar-refractivity contribution in [1.82, 2.24) is 30.5 Å². The van der Waals surface area contributed by atoms with Crippen molar-refractivity contribution in [2.24, 2.45) is 0 Å². The first-order valence-corrected chi connectivity index (χ1v) is 8.13. The maximum Gasteiger partial charge on any atom is 0.253 e. The fourth-order valence-corrected chi connectivity index (χ4v) is 3.15. The lowest BCUT2D eigenvalue weighted by Gasteiger charge is -2.16. The molecular weight excluding hydrogens is 320 g/mol. The van der Waals surface area contributed by atoms with E-state index in [-0.39, 0.29) is 12.0 Å². The number of hydrogen-bond acceptors (Lipinski definition) is 5. The van der Waals surface area contributed by atoms with E-state index in [0.717, 1.165) is 22.9 Å². The van der Waals surface area contributed by atoms with Gasteiger partial charge in [-0.15, -0.1) is 16.8 Å². The van der Waals surface area contributed by atoms with E-state index in [2.05, 4.69) is 32.2 Å². The average molecular weight is 338 g/mol. The first-order chi connectivity index (χ1) is 12.3. The summed E-state index contributed by atoms with van der Waals surface area (Å²) in [4.78, 5) is 17.8. The van der Waals surface area contributed by atoms with Gasteiger partial charge in [-0.05, 0) is 29.8 Å². The number of tetrazole rings is 1. The summed E-state index contributed by atoms with van der Waals surface area (Å²) in [6.45, 7) is 5.47. The van der Waals surface area contributed by atoms with Crippen LogP contribution in [0.15, 0.2) is 37.1 Å². The number of nitrogens with zero attached hydrogens (tertiary/aromatic N) is 4.